The van der Waals surface area contributed by atoms with Gasteiger partial charge in [0.2, 0.25) is 0 Å². The van der Waals surface area contributed by atoms with Gasteiger partial charge < -0.3 is 0 Å². The molecule has 0 aromatic heterocycles. The normalized spacial score (nSPS) is 10.8. The van der Waals surface area contributed by atoms with E-state index >= 15 is 0 Å². The molecule has 1 rings (SSSR count). The summed E-state index contributed by atoms with van der Waals surface area (Å²) in [5.74, 6) is 0. The number of hydrogen-bond acceptors (Lipinski definition) is 3. The first-order valence-electron chi connectivity index (χ1n) is 3.39. The van der Waals surface area contributed by atoms with Crippen LogP contribution in [-0.4, -0.2) is 8.42 Å². The molecule has 0 bridgehead atoms. The number of benzene rings is 1. The van der Waals surface area contributed by atoms with Crippen molar-refractivity contribution in [3.8, 4) is 0 Å². The van der Waals surface area contributed by atoms with E-state index in [-0.39, 0.29) is 4.90 Å². The van der Waals surface area contributed by atoms with E-state index in [0.29, 0.717) is 0 Å². The SMILES string of the molecule is Cc1ccc(S(=O)(=O)[N]=[W]=[S])cc1. The molecule has 0 aliphatic carbocycles. The van der Waals surface area contributed by atoms with Gasteiger partial charge in [0, 0.05) is 0 Å². The summed E-state index contributed by atoms with van der Waals surface area (Å²) in [6.07, 6.45) is 0. The molecule has 0 atom stereocenters. The molecule has 0 heterocycles. The Morgan fingerprint density at radius 3 is 2.31 bits per heavy atom. The second-order valence-electron chi connectivity index (χ2n) is 2.44. The predicted octanol–water partition coefficient (Wildman–Crippen LogP) is 2.06. The van der Waals surface area contributed by atoms with Crippen LogP contribution in [-0.2, 0) is 26.6 Å². The maximum absolute atomic E-state index is 11.4. The van der Waals surface area contributed by atoms with Gasteiger partial charge in [0.25, 0.3) is 0 Å². The van der Waals surface area contributed by atoms with Crippen molar-refractivity contribution >= 4 is 19.8 Å². The molecule has 1 aromatic carbocycles. The van der Waals surface area contributed by atoms with Crippen LogP contribution < -0.4 is 0 Å². The fraction of sp³-hybridized carbons (Fsp3) is 0.143. The first kappa shape index (κ1) is 11.0. The zero-order valence-corrected chi connectivity index (χ0v) is 11.4. The fourth-order valence-electron chi connectivity index (χ4n) is 0.793. The van der Waals surface area contributed by atoms with Crippen LogP contribution in [0.3, 0.4) is 0 Å². The standard InChI is InChI=1S/C7H7NO2S.S.W/c1-6-2-4-7(5-3-6)11(8,9)10;;/h2-5H,1H3;;. The summed E-state index contributed by atoms with van der Waals surface area (Å²) in [6.45, 7) is 1.90. The van der Waals surface area contributed by atoms with E-state index in [2.05, 4.69) is 12.7 Å². The van der Waals surface area contributed by atoms with Gasteiger partial charge >= 0.3 is 89.4 Å². The molecule has 0 unspecified atom stereocenters. The Labute approximate surface area is 89.1 Å². The summed E-state index contributed by atoms with van der Waals surface area (Å²) in [5.41, 5.74) is 1.03. The number of rotatable bonds is 2. The topological polar surface area (TPSA) is 46.5 Å². The van der Waals surface area contributed by atoms with Crippen molar-refractivity contribution < 1.29 is 25.0 Å². The zero-order chi connectivity index (χ0) is 9.90. The minimum absolute atomic E-state index is 0.239. The first-order valence-corrected chi connectivity index (χ1v) is 10.1. The molecule has 0 N–H and O–H groups in total. The summed E-state index contributed by atoms with van der Waals surface area (Å²) < 4.78 is 26.2. The van der Waals surface area contributed by atoms with Crippen molar-refractivity contribution in [2.45, 2.75) is 11.8 Å². The van der Waals surface area contributed by atoms with Crippen LogP contribution in [0.25, 0.3) is 0 Å². The summed E-state index contributed by atoms with van der Waals surface area (Å²) in [7, 11) is 1.21. The van der Waals surface area contributed by atoms with Crippen molar-refractivity contribution in [2.24, 2.45) is 2.90 Å². The van der Waals surface area contributed by atoms with Gasteiger partial charge in [-0.1, -0.05) is 0 Å². The van der Waals surface area contributed by atoms with Crippen molar-refractivity contribution in [1.29, 1.82) is 0 Å². The predicted molar refractivity (Wildman–Crippen MR) is 48.4 cm³/mol. The average molecular weight is 385 g/mol. The molecular formula is C7H7NO2S2W. The molecule has 13 heavy (non-hydrogen) atoms. The molecule has 0 fully saturated rings. The van der Waals surface area contributed by atoms with Gasteiger partial charge in [0.15, 0.2) is 0 Å². The molecule has 0 aliphatic rings. The minimum atomic E-state index is -3.43. The molecule has 0 spiro atoms. The molecule has 0 aliphatic heterocycles. The van der Waals surface area contributed by atoms with Crippen LogP contribution in [0, 0.1) is 6.92 Å². The number of nitrogens with zero attached hydrogens (tertiary/aromatic N) is 1. The maximum atomic E-state index is 11.4. The zero-order valence-electron chi connectivity index (χ0n) is 6.80. The first-order chi connectivity index (χ1) is 6.06. The second-order valence-corrected chi connectivity index (χ2v) is 7.37. The molecule has 70 valence electrons. The molecule has 0 radical (unpaired) electrons. The Kier molecular flexibility index (Phi) is 3.71. The van der Waals surface area contributed by atoms with Gasteiger partial charge in [0.1, 0.15) is 0 Å². The van der Waals surface area contributed by atoms with E-state index in [1.54, 1.807) is 24.3 Å². The van der Waals surface area contributed by atoms with Crippen LogP contribution in [0.1, 0.15) is 5.56 Å². The molecule has 0 saturated heterocycles. The van der Waals surface area contributed by atoms with E-state index in [1.165, 1.54) is 0 Å². The van der Waals surface area contributed by atoms with E-state index < -0.39 is 26.6 Å². The third kappa shape index (κ3) is 2.93. The van der Waals surface area contributed by atoms with Gasteiger partial charge in [0.05, 0.1) is 0 Å². The van der Waals surface area contributed by atoms with Gasteiger partial charge in [-0.15, -0.1) is 0 Å². The third-order valence-corrected chi connectivity index (χ3v) is 6.84. The van der Waals surface area contributed by atoms with Crippen molar-refractivity contribution in [2.75, 3.05) is 0 Å². The van der Waals surface area contributed by atoms with Crippen molar-refractivity contribution in [3.05, 3.63) is 29.8 Å². The summed E-state index contributed by atoms with van der Waals surface area (Å²) >= 11 is -1.44. The van der Waals surface area contributed by atoms with E-state index in [0.717, 1.165) is 5.56 Å². The number of sulfonamides is 1. The van der Waals surface area contributed by atoms with Crippen LogP contribution >= 0.6 is 9.82 Å². The summed E-state index contributed by atoms with van der Waals surface area (Å²) in [6, 6.07) is 6.60. The fourth-order valence-corrected chi connectivity index (χ4v) is 5.20. The van der Waals surface area contributed by atoms with E-state index in [4.69, 9.17) is 0 Å². The van der Waals surface area contributed by atoms with Gasteiger partial charge in [-0.3, -0.25) is 0 Å². The molecule has 3 nitrogen and oxygen atoms in total. The Bertz CT molecular complexity index is 446. The van der Waals surface area contributed by atoms with Gasteiger partial charge in [-0.05, 0) is 0 Å². The van der Waals surface area contributed by atoms with Crippen LogP contribution in [0.5, 0.6) is 0 Å². The van der Waals surface area contributed by atoms with Crippen LogP contribution in [0.15, 0.2) is 32.1 Å². The van der Waals surface area contributed by atoms with Crippen molar-refractivity contribution in [3.63, 3.8) is 0 Å². The van der Waals surface area contributed by atoms with E-state index in [1.807, 2.05) is 6.92 Å². The Hall–Kier alpha value is -0.122. The monoisotopic (exact) mass is 385 g/mol. The van der Waals surface area contributed by atoms with Gasteiger partial charge in [-0.2, -0.15) is 0 Å². The third-order valence-electron chi connectivity index (χ3n) is 1.45. The van der Waals surface area contributed by atoms with Gasteiger partial charge in [-0.25, -0.2) is 0 Å². The summed E-state index contributed by atoms with van der Waals surface area (Å²) in [4.78, 5) is 0.239. The second kappa shape index (κ2) is 4.40. The van der Waals surface area contributed by atoms with Crippen LogP contribution in [0.2, 0.25) is 0 Å². The molecule has 0 saturated carbocycles. The molecule has 0 amide bonds. The Morgan fingerprint density at radius 1 is 1.31 bits per heavy atom. The summed E-state index contributed by atoms with van der Waals surface area (Å²) in [5, 5.41) is 0. The van der Waals surface area contributed by atoms with Crippen molar-refractivity contribution in [1.82, 2.24) is 0 Å². The Morgan fingerprint density at radius 2 is 1.85 bits per heavy atom. The quantitative estimate of drug-likeness (QED) is 0.783. The molecule has 1 aromatic rings. The number of aryl methyl sites for hydroxylation is 1. The molecule has 6 heteroatoms. The number of hydrogen-bond donors (Lipinski definition) is 0. The average Bonchev–Trinajstić information content (AvgIpc) is 2.05. The van der Waals surface area contributed by atoms with E-state index in [9.17, 15) is 8.42 Å². The van der Waals surface area contributed by atoms with Crippen LogP contribution in [0.4, 0.5) is 0 Å². The Balaban J connectivity index is 3.24. The molecular weight excluding hydrogens is 378 g/mol.